The number of aliphatic hydroxyl groups is 1. The Morgan fingerprint density at radius 3 is 2.37 bits per heavy atom. The lowest BCUT2D eigenvalue weighted by atomic mass is 10.1. The van der Waals surface area contributed by atoms with Crippen molar-refractivity contribution in [2.75, 3.05) is 26.8 Å². The molecule has 0 radical (unpaired) electrons. The van der Waals surface area contributed by atoms with Gasteiger partial charge in [-0.05, 0) is 18.6 Å². The van der Waals surface area contributed by atoms with Gasteiger partial charge < -0.3 is 14.6 Å². The van der Waals surface area contributed by atoms with Crippen LogP contribution in [-0.2, 0) is 18.3 Å². The van der Waals surface area contributed by atoms with E-state index < -0.39 is 6.10 Å². The van der Waals surface area contributed by atoms with Gasteiger partial charge in [-0.1, -0.05) is 55.5 Å². The van der Waals surface area contributed by atoms with Gasteiger partial charge in [0.25, 0.3) is 0 Å². The lowest BCUT2D eigenvalue weighted by Crippen LogP contribution is -2.34. The van der Waals surface area contributed by atoms with E-state index >= 15 is 0 Å². The average molecular weight is 410 g/mol. The fraction of sp³-hybridized carbons (Fsp3) is 0.375. The van der Waals surface area contributed by atoms with Crippen LogP contribution in [0.2, 0.25) is 0 Å². The van der Waals surface area contributed by atoms with Gasteiger partial charge in [0.05, 0.1) is 18.3 Å². The molecule has 0 aliphatic heterocycles. The molecule has 1 atom stereocenters. The number of aliphatic hydroxyl groups excluding tert-OH is 1. The van der Waals surface area contributed by atoms with E-state index in [0.29, 0.717) is 38.5 Å². The molecule has 160 valence electrons. The number of benzene rings is 2. The molecule has 1 N–H and O–H groups in total. The molecule has 0 amide bonds. The van der Waals surface area contributed by atoms with Crippen LogP contribution < -0.4 is 4.74 Å². The van der Waals surface area contributed by atoms with Crippen molar-refractivity contribution in [1.29, 1.82) is 0 Å². The number of methoxy groups -OCH3 is 1. The van der Waals surface area contributed by atoms with Gasteiger partial charge in [0.1, 0.15) is 11.4 Å². The van der Waals surface area contributed by atoms with E-state index in [0.717, 1.165) is 22.6 Å². The van der Waals surface area contributed by atoms with Crippen molar-refractivity contribution in [2.45, 2.75) is 26.0 Å². The summed E-state index contributed by atoms with van der Waals surface area (Å²) >= 11 is 0. The van der Waals surface area contributed by atoms with E-state index in [4.69, 9.17) is 14.6 Å². The van der Waals surface area contributed by atoms with E-state index in [1.807, 2.05) is 62.5 Å². The fourth-order valence-electron chi connectivity index (χ4n) is 3.36. The topological polar surface area (TPSA) is 59.8 Å². The summed E-state index contributed by atoms with van der Waals surface area (Å²) in [6.45, 7) is 4.45. The number of hydrogen-bond acceptors (Lipinski definition) is 5. The molecule has 1 aromatic heterocycles. The standard InChI is InChI=1S/C24H31N3O3/c1-4-20(28)17-27(15-16-29-3)18-22-23(19-11-7-5-8-12-19)25-26(2)24(22)30-21-13-9-6-10-14-21/h5-14,20,28H,4,15-18H2,1-3H3/t20-/m1/s1. The molecule has 0 bridgehead atoms. The first-order chi connectivity index (χ1) is 14.6. The van der Waals surface area contributed by atoms with Gasteiger partial charge in [0.15, 0.2) is 0 Å². The molecule has 6 nitrogen and oxygen atoms in total. The highest BCUT2D eigenvalue weighted by Gasteiger charge is 2.23. The first-order valence-corrected chi connectivity index (χ1v) is 10.4. The third-order valence-corrected chi connectivity index (χ3v) is 5.03. The molecule has 2 aromatic carbocycles. The predicted molar refractivity (Wildman–Crippen MR) is 119 cm³/mol. The zero-order valence-corrected chi connectivity index (χ0v) is 18.0. The third kappa shape index (κ3) is 5.69. The Kier molecular flexibility index (Phi) is 8.02. The van der Waals surface area contributed by atoms with Gasteiger partial charge in [0.2, 0.25) is 5.88 Å². The number of para-hydroxylation sites is 1. The van der Waals surface area contributed by atoms with E-state index in [1.165, 1.54) is 0 Å². The van der Waals surface area contributed by atoms with Crippen molar-refractivity contribution in [3.05, 3.63) is 66.2 Å². The predicted octanol–water partition coefficient (Wildman–Crippen LogP) is 4.10. The minimum atomic E-state index is -0.391. The van der Waals surface area contributed by atoms with E-state index in [2.05, 4.69) is 17.0 Å². The molecule has 3 aromatic rings. The van der Waals surface area contributed by atoms with Gasteiger partial charge >= 0.3 is 0 Å². The molecule has 0 aliphatic carbocycles. The summed E-state index contributed by atoms with van der Waals surface area (Å²) in [5.74, 6) is 1.46. The summed E-state index contributed by atoms with van der Waals surface area (Å²) in [7, 11) is 3.59. The van der Waals surface area contributed by atoms with Gasteiger partial charge in [-0.3, -0.25) is 4.90 Å². The van der Waals surface area contributed by atoms with Crippen LogP contribution >= 0.6 is 0 Å². The maximum atomic E-state index is 10.3. The van der Waals surface area contributed by atoms with Crippen molar-refractivity contribution >= 4 is 0 Å². The summed E-state index contributed by atoms with van der Waals surface area (Å²) < 4.78 is 13.3. The van der Waals surface area contributed by atoms with Crippen LogP contribution in [0, 0.1) is 0 Å². The highest BCUT2D eigenvalue weighted by molar-refractivity contribution is 5.65. The van der Waals surface area contributed by atoms with Crippen LogP contribution in [0.25, 0.3) is 11.3 Å². The fourth-order valence-corrected chi connectivity index (χ4v) is 3.36. The molecule has 0 saturated carbocycles. The Hall–Kier alpha value is -2.67. The number of ether oxygens (including phenoxy) is 2. The molecular weight excluding hydrogens is 378 g/mol. The lowest BCUT2D eigenvalue weighted by Gasteiger charge is -2.25. The molecule has 0 spiro atoms. The highest BCUT2D eigenvalue weighted by atomic mass is 16.5. The smallest absolute Gasteiger partial charge is 0.222 e. The summed E-state index contributed by atoms with van der Waals surface area (Å²) in [4.78, 5) is 2.19. The van der Waals surface area contributed by atoms with Gasteiger partial charge in [0, 0.05) is 39.4 Å². The second kappa shape index (κ2) is 10.9. The molecule has 1 heterocycles. The molecular formula is C24H31N3O3. The van der Waals surface area contributed by atoms with Crippen LogP contribution in [-0.4, -0.2) is 52.7 Å². The second-order valence-electron chi connectivity index (χ2n) is 7.33. The quantitative estimate of drug-likeness (QED) is 0.517. The van der Waals surface area contributed by atoms with Crippen molar-refractivity contribution in [3.63, 3.8) is 0 Å². The largest absolute Gasteiger partial charge is 0.439 e. The number of hydrogen-bond donors (Lipinski definition) is 1. The maximum absolute atomic E-state index is 10.3. The molecule has 30 heavy (non-hydrogen) atoms. The summed E-state index contributed by atoms with van der Waals surface area (Å²) in [6, 6.07) is 19.9. The van der Waals surface area contributed by atoms with Crippen LogP contribution in [0.3, 0.4) is 0 Å². The highest BCUT2D eigenvalue weighted by Crippen LogP contribution is 2.34. The van der Waals surface area contributed by atoms with Crippen LogP contribution in [0.15, 0.2) is 60.7 Å². The van der Waals surface area contributed by atoms with Gasteiger partial charge in [-0.25, -0.2) is 4.68 Å². The van der Waals surface area contributed by atoms with E-state index in [1.54, 1.807) is 11.8 Å². The number of rotatable bonds is 11. The number of aryl methyl sites for hydroxylation is 1. The summed E-state index contributed by atoms with van der Waals surface area (Å²) in [5, 5.41) is 15.0. The molecule has 0 aliphatic rings. The van der Waals surface area contributed by atoms with Crippen molar-refractivity contribution in [2.24, 2.45) is 7.05 Å². The third-order valence-electron chi connectivity index (χ3n) is 5.03. The van der Waals surface area contributed by atoms with Crippen LogP contribution in [0.4, 0.5) is 0 Å². The SMILES string of the molecule is CC[C@@H](O)CN(CCOC)Cc1c(-c2ccccc2)nn(C)c1Oc1ccccc1. The first kappa shape index (κ1) is 22.0. The molecule has 0 fully saturated rings. The normalized spacial score (nSPS) is 12.3. The molecule has 3 rings (SSSR count). The number of aromatic nitrogens is 2. The summed E-state index contributed by atoms with van der Waals surface area (Å²) in [5.41, 5.74) is 2.91. The monoisotopic (exact) mass is 409 g/mol. The molecule has 0 saturated heterocycles. The molecule has 0 unspecified atom stereocenters. The van der Waals surface area contributed by atoms with Crippen LogP contribution in [0.1, 0.15) is 18.9 Å². The van der Waals surface area contributed by atoms with Gasteiger partial charge in [-0.2, -0.15) is 5.10 Å². The zero-order chi connectivity index (χ0) is 21.3. The maximum Gasteiger partial charge on any atom is 0.222 e. The van der Waals surface area contributed by atoms with Crippen LogP contribution in [0.5, 0.6) is 11.6 Å². The lowest BCUT2D eigenvalue weighted by molar-refractivity contribution is 0.0827. The summed E-state index contributed by atoms with van der Waals surface area (Å²) in [6.07, 6.45) is 0.312. The van der Waals surface area contributed by atoms with Gasteiger partial charge in [-0.15, -0.1) is 0 Å². The Labute approximate surface area is 178 Å². The Bertz CT molecular complexity index is 897. The van der Waals surface area contributed by atoms with Crippen molar-refractivity contribution < 1.29 is 14.6 Å². The Morgan fingerprint density at radius 1 is 1.07 bits per heavy atom. The van der Waals surface area contributed by atoms with E-state index in [-0.39, 0.29) is 0 Å². The Morgan fingerprint density at radius 2 is 1.73 bits per heavy atom. The average Bonchev–Trinajstić information content (AvgIpc) is 3.08. The minimum Gasteiger partial charge on any atom is -0.439 e. The number of nitrogens with zero attached hydrogens (tertiary/aromatic N) is 3. The van der Waals surface area contributed by atoms with E-state index in [9.17, 15) is 5.11 Å². The zero-order valence-electron chi connectivity index (χ0n) is 18.0. The second-order valence-corrected chi connectivity index (χ2v) is 7.33. The molecule has 6 heteroatoms. The Balaban J connectivity index is 1.99. The minimum absolute atomic E-state index is 0.391. The van der Waals surface area contributed by atoms with Crippen molar-refractivity contribution in [3.8, 4) is 22.9 Å². The first-order valence-electron chi connectivity index (χ1n) is 10.4. The van der Waals surface area contributed by atoms with Crippen molar-refractivity contribution in [1.82, 2.24) is 14.7 Å².